The highest BCUT2D eigenvalue weighted by Gasteiger charge is 2.30. The van der Waals surface area contributed by atoms with Crippen LogP contribution in [0.4, 0.5) is 0 Å². The first-order chi connectivity index (χ1) is 9.11. The quantitative estimate of drug-likeness (QED) is 0.893. The minimum absolute atomic E-state index is 0.0375. The molecule has 1 aliphatic rings. The van der Waals surface area contributed by atoms with Crippen LogP contribution >= 0.6 is 15.9 Å². The van der Waals surface area contributed by atoms with E-state index in [1.807, 2.05) is 12.1 Å². The largest absolute Gasteiger partial charge is 0.348 e. The van der Waals surface area contributed by atoms with Gasteiger partial charge in [-0.25, -0.2) is 0 Å². The molecule has 0 saturated carbocycles. The molecule has 2 rings (SSSR count). The summed E-state index contributed by atoms with van der Waals surface area (Å²) in [6, 6.07) is 8.20. The second-order valence-corrected chi connectivity index (χ2v) is 6.13. The number of carbonyl (C=O) groups is 1. The summed E-state index contributed by atoms with van der Waals surface area (Å²) in [6.45, 7) is 5.16. The van der Waals surface area contributed by atoms with Gasteiger partial charge in [-0.05, 0) is 43.0 Å². The van der Waals surface area contributed by atoms with Crippen molar-refractivity contribution in [3.05, 3.63) is 34.3 Å². The zero-order chi connectivity index (χ0) is 13.8. The van der Waals surface area contributed by atoms with Gasteiger partial charge in [0.15, 0.2) is 0 Å². The number of rotatable bonds is 4. The molecule has 1 fully saturated rings. The molecule has 104 valence electrons. The summed E-state index contributed by atoms with van der Waals surface area (Å²) in [4.78, 5) is 12.3. The SMILES string of the molecule is CCC(NC(=O)C1NCCC1C)c1ccc(Br)cc1. The van der Waals surface area contributed by atoms with E-state index < -0.39 is 0 Å². The van der Waals surface area contributed by atoms with E-state index in [-0.39, 0.29) is 18.0 Å². The van der Waals surface area contributed by atoms with Gasteiger partial charge in [-0.2, -0.15) is 0 Å². The Labute approximate surface area is 123 Å². The van der Waals surface area contributed by atoms with Crippen LogP contribution in [0.15, 0.2) is 28.7 Å². The third kappa shape index (κ3) is 3.57. The van der Waals surface area contributed by atoms with Crippen LogP contribution in [0.2, 0.25) is 0 Å². The lowest BCUT2D eigenvalue weighted by atomic mass is 10.0. The second kappa shape index (κ2) is 6.53. The Morgan fingerprint density at radius 3 is 2.68 bits per heavy atom. The van der Waals surface area contributed by atoms with E-state index in [1.54, 1.807) is 0 Å². The molecule has 2 N–H and O–H groups in total. The first kappa shape index (κ1) is 14.5. The van der Waals surface area contributed by atoms with Crippen molar-refractivity contribution >= 4 is 21.8 Å². The lowest BCUT2D eigenvalue weighted by Crippen LogP contribution is -2.44. The zero-order valence-electron chi connectivity index (χ0n) is 11.4. The van der Waals surface area contributed by atoms with Crippen LogP contribution in [0.5, 0.6) is 0 Å². The van der Waals surface area contributed by atoms with Gasteiger partial charge >= 0.3 is 0 Å². The molecule has 3 nitrogen and oxygen atoms in total. The summed E-state index contributed by atoms with van der Waals surface area (Å²) >= 11 is 3.43. The molecule has 19 heavy (non-hydrogen) atoms. The van der Waals surface area contributed by atoms with Gasteiger partial charge in [0.25, 0.3) is 0 Å². The molecule has 0 bridgehead atoms. The third-order valence-electron chi connectivity index (χ3n) is 3.81. The van der Waals surface area contributed by atoms with E-state index in [1.165, 1.54) is 0 Å². The van der Waals surface area contributed by atoms with Crippen molar-refractivity contribution in [1.82, 2.24) is 10.6 Å². The zero-order valence-corrected chi connectivity index (χ0v) is 13.0. The van der Waals surface area contributed by atoms with Crippen molar-refractivity contribution < 1.29 is 4.79 Å². The molecular formula is C15H21BrN2O. The smallest absolute Gasteiger partial charge is 0.237 e. The van der Waals surface area contributed by atoms with E-state index in [2.05, 4.69) is 52.5 Å². The minimum atomic E-state index is -0.0375. The molecule has 1 aromatic rings. The van der Waals surface area contributed by atoms with Gasteiger partial charge in [0, 0.05) is 4.47 Å². The van der Waals surface area contributed by atoms with Gasteiger partial charge < -0.3 is 10.6 Å². The summed E-state index contributed by atoms with van der Waals surface area (Å²) in [5.41, 5.74) is 1.16. The molecule has 3 unspecified atom stereocenters. The predicted octanol–water partition coefficient (Wildman–Crippen LogP) is 3.01. The number of hydrogen-bond acceptors (Lipinski definition) is 2. The maximum atomic E-state index is 12.3. The Bertz CT molecular complexity index is 432. The first-order valence-corrected chi connectivity index (χ1v) is 7.70. The summed E-state index contributed by atoms with van der Waals surface area (Å²) in [7, 11) is 0. The van der Waals surface area contributed by atoms with Gasteiger partial charge in [-0.3, -0.25) is 4.79 Å². The van der Waals surface area contributed by atoms with Crippen LogP contribution in [0.3, 0.4) is 0 Å². The average Bonchev–Trinajstić information content (AvgIpc) is 2.83. The molecule has 4 heteroatoms. The van der Waals surface area contributed by atoms with E-state index in [9.17, 15) is 4.79 Å². The maximum absolute atomic E-state index is 12.3. The lowest BCUT2D eigenvalue weighted by Gasteiger charge is -2.22. The van der Waals surface area contributed by atoms with E-state index in [0.717, 1.165) is 29.4 Å². The molecule has 1 aromatic carbocycles. The number of halogens is 1. The Morgan fingerprint density at radius 1 is 1.47 bits per heavy atom. The fourth-order valence-electron chi connectivity index (χ4n) is 2.56. The van der Waals surface area contributed by atoms with E-state index >= 15 is 0 Å². The van der Waals surface area contributed by atoms with Crippen molar-refractivity contribution in [2.24, 2.45) is 5.92 Å². The highest BCUT2D eigenvalue weighted by molar-refractivity contribution is 9.10. The number of carbonyl (C=O) groups excluding carboxylic acids is 1. The number of hydrogen-bond donors (Lipinski definition) is 2. The van der Waals surface area contributed by atoms with Gasteiger partial charge in [-0.1, -0.05) is 41.9 Å². The van der Waals surface area contributed by atoms with Crippen LogP contribution in [0, 0.1) is 5.92 Å². The highest BCUT2D eigenvalue weighted by Crippen LogP contribution is 2.21. The molecule has 1 saturated heterocycles. The average molecular weight is 325 g/mol. The minimum Gasteiger partial charge on any atom is -0.348 e. The molecule has 0 spiro atoms. The third-order valence-corrected chi connectivity index (χ3v) is 4.34. The fourth-order valence-corrected chi connectivity index (χ4v) is 2.83. The van der Waals surface area contributed by atoms with Crippen LogP contribution in [0.1, 0.15) is 38.3 Å². The van der Waals surface area contributed by atoms with Gasteiger partial charge in [0.05, 0.1) is 12.1 Å². The van der Waals surface area contributed by atoms with Crippen molar-refractivity contribution in [3.8, 4) is 0 Å². The van der Waals surface area contributed by atoms with Crippen molar-refractivity contribution in [2.45, 2.75) is 38.8 Å². The summed E-state index contributed by atoms with van der Waals surface area (Å²) in [5, 5.41) is 6.43. The Morgan fingerprint density at radius 2 is 2.16 bits per heavy atom. The van der Waals surface area contributed by atoms with Crippen LogP contribution in [0.25, 0.3) is 0 Å². The fraction of sp³-hybridized carbons (Fsp3) is 0.533. The Kier molecular flexibility index (Phi) is 4.99. The molecule has 1 amide bonds. The summed E-state index contributed by atoms with van der Waals surface area (Å²) < 4.78 is 1.06. The normalized spacial score (nSPS) is 24.2. The van der Waals surface area contributed by atoms with Crippen LogP contribution in [-0.2, 0) is 4.79 Å². The Hall–Kier alpha value is -0.870. The van der Waals surface area contributed by atoms with Gasteiger partial charge in [0.2, 0.25) is 5.91 Å². The van der Waals surface area contributed by atoms with Crippen molar-refractivity contribution in [1.29, 1.82) is 0 Å². The van der Waals surface area contributed by atoms with Crippen LogP contribution in [-0.4, -0.2) is 18.5 Å². The van der Waals surface area contributed by atoms with Crippen molar-refractivity contribution in [2.75, 3.05) is 6.54 Å². The maximum Gasteiger partial charge on any atom is 0.237 e. The standard InChI is InChI=1S/C15H21BrN2O/c1-3-13(11-4-6-12(16)7-5-11)18-15(19)14-10(2)8-9-17-14/h4-7,10,13-14,17H,3,8-9H2,1-2H3,(H,18,19). The van der Waals surface area contributed by atoms with Crippen molar-refractivity contribution in [3.63, 3.8) is 0 Å². The molecule has 1 aliphatic heterocycles. The second-order valence-electron chi connectivity index (χ2n) is 5.22. The van der Waals surface area contributed by atoms with Gasteiger partial charge in [-0.15, -0.1) is 0 Å². The number of amides is 1. The van der Waals surface area contributed by atoms with Crippen LogP contribution < -0.4 is 10.6 Å². The number of nitrogens with one attached hydrogen (secondary N) is 2. The molecule has 0 aliphatic carbocycles. The summed E-state index contributed by atoms with van der Waals surface area (Å²) in [6.07, 6.45) is 1.97. The molecular weight excluding hydrogens is 304 g/mol. The molecule has 1 heterocycles. The molecule has 0 radical (unpaired) electrons. The monoisotopic (exact) mass is 324 g/mol. The van der Waals surface area contributed by atoms with E-state index in [4.69, 9.17) is 0 Å². The highest BCUT2D eigenvalue weighted by atomic mass is 79.9. The van der Waals surface area contributed by atoms with Gasteiger partial charge in [0.1, 0.15) is 0 Å². The lowest BCUT2D eigenvalue weighted by molar-refractivity contribution is -0.124. The molecule has 3 atom stereocenters. The predicted molar refractivity (Wildman–Crippen MR) is 80.9 cm³/mol. The number of benzene rings is 1. The first-order valence-electron chi connectivity index (χ1n) is 6.91. The van der Waals surface area contributed by atoms with E-state index in [0.29, 0.717) is 5.92 Å². The Balaban J connectivity index is 2.02. The molecule has 0 aromatic heterocycles. The summed E-state index contributed by atoms with van der Waals surface area (Å²) in [5.74, 6) is 0.544. The topological polar surface area (TPSA) is 41.1 Å².